The fourth-order valence-corrected chi connectivity index (χ4v) is 4.30. The zero-order chi connectivity index (χ0) is 19.8. The Kier molecular flexibility index (Phi) is 4.52. The molecule has 5 rings (SSSR count). The molecule has 1 fully saturated rings. The van der Waals surface area contributed by atoms with E-state index in [9.17, 15) is 9.59 Å². The van der Waals surface area contributed by atoms with Crippen LogP contribution in [0.3, 0.4) is 0 Å². The van der Waals surface area contributed by atoms with E-state index in [1.807, 2.05) is 53.4 Å². The molecule has 2 aliphatic rings. The van der Waals surface area contributed by atoms with Gasteiger partial charge in [-0.3, -0.25) is 9.59 Å². The molecule has 0 unspecified atom stereocenters. The van der Waals surface area contributed by atoms with Crippen molar-refractivity contribution in [2.45, 2.75) is 13.0 Å². The molecule has 5 nitrogen and oxygen atoms in total. The molecule has 0 atom stereocenters. The third-order valence-electron chi connectivity index (χ3n) is 5.78. The summed E-state index contributed by atoms with van der Waals surface area (Å²) < 4.78 is 7.21. The van der Waals surface area contributed by atoms with Crippen LogP contribution in [0.15, 0.2) is 65.5 Å². The van der Waals surface area contributed by atoms with E-state index in [1.54, 1.807) is 10.6 Å². The minimum absolute atomic E-state index is 0.0362. The number of ether oxygens (including phenoxy) is 1. The molecule has 1 saturated heterocycles. The van der Waals surface area contributed by atoms with Crippen molar-refractivity contribution in [3.63, 3.8) is 0 Å². The molecule has 0 aliphatic carbocycles. The van der Waals surface area contributed by atoms with Crippen LogP contribution >= 0.6 is 0 Å². The van der Waals surface area contributed by atoms with Crippen LogP contribution in [-0.4, -0.2) is 41.7 Å². The third-order valence-corrected chi connectivity index (χ3v) is 5.78. The Bertz CT molecular complexity index is 1130. The number of fused-ring (bicyclic) bond motifs is 3. The molecule has 2 aromatic carbocycles. The molecule has 1 aromatic heterocycles. The first-order chi connectivity index (χ1) is 14.2. The van der Waals surface area contributed by atoms with Crippen molar-refractivity contribution in [2.75, 3.05) is 26.3 Å². The number of hydrogen-bond donors (Lipinski definition) is 0. The van der Waals surface area contributed by atoms with Crippen molar-refractivity contribution in [3.8, 4) is 22.4 Å². The Morgan fingerprint density at radius 3 is 2.38 bits per heavy atom. The lowest BCUT2D eigenvalue weighted by molar-refractivity contribution is 0.0303. The second-order valence-electron chi connectivity index (χ2n) is 7.45. The normalized spacial score (nSPS) is 15.5. The van der Waals surface area contributed by atoms with E-state index in [0.717, 1.165) is 23.2 Å². The zero-order valence-electron chi connectivity index (χ0n) is 16.1. The Morgan fingerprint density at radius 2 is 1.59 bits per heavy atom. The van der Waals surface area contributed by atoms with Gasteiger partial charge in [0.1, 0.15) is 0 Å². The van der Waals surface area contributed by atoms with Gasteiger partial charge >= 0.3 is 0 Å². The van der Waals surface area contributed by atoms with E-state index in [1.165, 1.54) is 5.56 Å². The van der Waals surface area contributed by atoms with Crippen molar-refractivity contribution in [2.24, 2.45) is 0 Å². The van der Waals surface area contributed by atoms with Gasteiger partial charge in [-0.25, -0.2) is 0 Å². The van der Waals surface area contributed by atoms with Crippen molar-refractivity contribution in [3.05, 3.63) is 82.1 Å². The van der Waals surface area contributed by atoms with Gasteiger partial charge in [-0.05, 0) is 23.6 Å². The smallest absolute Gasteiger partial charge is 0.258 e. The lowest BCUT2D eigenvalue weighted by atomic mass is 9.92. The lowest BCUT2D eigenvalue weighted by Gasteiger charge is -2.30. The maximum Gasteiger partial charge on any atom is 0.258 e. The second-order valence-corrected chi connectivity index (χ2v) is 7.45. The minimum Gasteiger partial charge on any atom is -0.378 e. The molecule has 3 heterocycles. The Balaban J connectivity index is 1.76. The highest BCUT2D eigenvalue weighted by molar-refractivity contribution is 6.01. The highest BCUT2D eigenvalue weighted by atomic mass is 16.5. The van der Waals surface area contributed by atoms with Gasteiger partial charge in [-0.1, -0.05) is 54.6 Å². The van der Waals surface area contributed by atoms with Gasteiger partial charge in [0, 0.05) is 30.8 Å². The van der Waals surface area contributed by atoms with Gasteiger partial charge < -0.3 is 14.2 Å². The topological polar surface area (TPSA) is 51.5 Å². The van der Waals surface area contributed by atoms with Crippen molar-refractivity contribution >= 4 is 5.91 Å². The largest absolute Gasteiger partial charge is 0.378 e. The van der Waals surface area contributed by atoms with Crippen LogP contribution in [0.4, 0.5) is 0 Å². The Labute approximate surface area is 169 Å². The van der Waals surface area contributed by atoms with Gasteiger partial charge in [-0.2, -0.15) is 0 Å². The molecule has 5 heteroatoms. The highest BCUT2D eigenvalue weighted by Crippen LogP contribution is 2.33. The maximum absolute atomic E-state index is 13.5. The number of hydrogen-bond acceptors (Lipinski definition) is 3. The quantitative estimate of drug-likeness (QED) is 0.680. The minimum atomic E-state index is -0.0424. The van der Waals surface area contributed by atoms with Crippen LogP contribution in [-0.2, 0) is 17.7 Å². The van der Waals surface area contributed by atoms with E-state index in [4.69, 9.17) is 4.74 Å². The summed E-state index contributed by atoms with van der Waals surface area (Å²) in [5.74, 6) is -0.0362. The van der Waals surface area contributed by atoms with Crippen LogP contribution in [0.5, 0.6) is 0 Å². The molecular formula is C24H22N2O3. The van der Waals surface area contributed by atoms with Gasteiger partial charge in [0.2, 0.25) is 0 Å². The molecule has 0 radical (unpaired) electrons. The molecular weight excluding hydrogens is 364 g/mol. The summed E-state index contributed by atoms with van der Waals surface area (Å²) in [6, 6.07) is 19.5. The summed E-state index contributed by atoms with van der Waals surface area (Å²) in [5, 5.41) is 0. The molecule has 0 bridgehead atoms. The van der Waals surface area contributed by atoms with Crippen LogP contribution in [0.2, 0.25) is 0 Å². The molecule has 146 valence electrons. The molecule has 2 aliphatic heterocycles. The SMILES string of the molecule is O=C(c1cc(-c2ccccc2)c(=O)n2c1-c1ccccc1CC2)N1CCOCC1. The van der Waals surface area contributed by atoms with Crippen LogP contribution < -0.4 is 5.56 Å². The monoisotopic (exact) mass is 386 g/mol. The Hall–Kier alpha value is -3.18. The van der Waals surface area contributed by atoms with Gasteiger partial charge in [-0.15, -0.1) is 0 Å². The van der Waals surface area contributed by atoms with Crippen LogP contribution in [0.25, 0.3) is 22.4 Å². The average molecular weight is 386 g/mol. The Morgan fingerprint density at radius 1 is 0.862 bits per heavy atom. The van der Waals surface area contributed by atoms with Gasteiger partial charge in [0.05, 0.1) is 24.5 Å². The number of aromatic nitrogens is 1. The first-order valence-electron chi connectivity index (χ1n) is 10.0. The summed E-state index contributed by atoms with van der Waals surface area (Å²) in [6.45, 7) is 2.81. The zero-order valence-corrected chi connectivity index (χ0v) is 16.1. The molecule has 3 aromatic rings. The maximum atomic E-state index is 13.5. The first kappa shape index (κ1) is 17.9. The second kappa shape index (κ2) is 7.33. The number of carbonyl (C=O) groups is 1. The van der Waals surface area contributed by atoms with E-state index in [0.29, 0.717) is 44.0 Å². The predicted octanol–water partition coefficient (Wildman–Crippen LogP) is 3.21. The summed E-state index contributed by atoms with van der Waals surface area (Å²) >= 11 is 0. The number of amides is 1. The number of morpholine rings is 1. The fourth-order valence-electron chi connectivity index (χ4n) is 4.30. The van der Waals surface area contributed by atoms with E-state index in [2.05, 4.69) is 6.07 Å². The van der Waals surface area contributed by atoms with Crippen molar-refractivity contribution < 1.29 is 9.53 Å². The summed E-state index contributed by atoms with van der Waals surface area (Å²) in [5.41, 5.74) is 4.86. The number of benzene rings is 2. The molecule has 29 heavy (non-hydrogen) atoms. The van der Waals surface area contributed by atoms with Crippen molar-refractivity contribution in [1.82, 2.24) is 9.47 Å². The van der Waals surface area contributed by atoms with Crippen molar-refractivity contribution in [1.29, 1.82) is 0 Å². The fraction of sp³-hybridized carbons (Fsp3) is 0.250. The number of nitrogens with zero attached hydrogens (tertiary/aromatic N) is 2. The summed E-state index contributed by atoms with van der Waals surface area (Å²) in [6.07, 6.45) is 0.784. The summed E-state index contributed by atoms with van der Waals surface area (Å²) in [4.78, 5) is 28.8. The van der Waals surface area contributed by atoms with Crippen LogP contribution in [0.1, 0.15) is 15.9 Å². The standard InChI is InChI=1S/C24H22N2O3/c27-23(25-12-14-29-15-13-25)21-16-20(17-6-2-1-3-7-17)24(28)26-11-10-18-8-4-5-9-19(18)22(21)26/h1-9,16H,10-15H2. The molecule has 0 saturated carbocycles. The predicted molar refractivity (Wildman–Crippen MR) is 112 cm³/mol. The van der Waals surface area contributed by atoms with E-state index in [-0.39, 0.29) is 11.5 Å². The summed E-state index contributed by atoms with van der Waals surface area (Å²) in [7, 11) is 0. The van der Waals surface area contributed by atoms with E-state index >= 15 is 0 Å². The molecule has 1 amide bonds. The number of pyridine rings is 1. The molecule has 0 spiro atoms. The van der Waals surface area contributed by atoms with E-state index < -0.39 is 0 Å². The number of carbonyl (C=O) groups excluding carboxylic acids is 1. The number of aryl methyl sites for hydroxylation is 1. The van der Waals surface area contributed by atoms with Gasteiger partial charge in [0.15, 0.2) is 0 Å². The highest BCUT2D eigenvalue weighted by Gasteiger charge is 2.28. The molecule has 0 N–H and O–H groups in total. The van der Waals surface area contributed by atoms with Crippen LogP contribution in [0, 0.1) is 0 Å². The lowest BCUT2D eigenvalue weighted by Crippen LogP contribution is -2.42. The number of rotatable bonds is 2. The average Bonchev–Trinajstić information content (AvgIpc) is 2.80. The van der Waals surface area contributed by atoms with Gasteiger partial charge in [0.25, 0.3) is 11.5 Å². The third kappa shape index (κ3) is 3.08. The first-order valence-corrected chi connectivity index (χ1v) is 10.0.